The first-order valence-corrected chi connectivity index (χ1v) is 11.7. The molecule has 0 spiro atoms. The van der Waals surface area contributed by atoms with Gasteiger partial charge in [-0.15, -0.1) is 0 Å². The Morgan fingerprint density at radius 1 is 1.11 bits per heavy atom. The molecule has 3 aliphatic rings. The zero-order valence-corrected chi connectivity index (χ0v) is 20.4. The molecule has 2 aromatic rings. The SMILES string of the molecule is CCOc1cc(OC2=C3NC(=O)CN=C3NC(Oc3cccc(C4=NCCN4C)c3)=N2)cc(C(=N)N)c1. The first-order valence-electron chi connectivity index (χ1n) is 11.7. The number of hydrogen-bond acceptors (Lipinski definition) is 10. The molecule has 37 heavy (non-hydrogen) atoms. The number of aliphatic imine (C=N–C) groups is 3. The van der Waals surface area contributed by atoms with Crippen LogP contribution in [0.25, 0.3) is 0 Å². The third kappa shape index (κ3) is 5.22. The van der Waals surface area contributed by atoms with Crippen molar-refractivity contribution in [1.82, 2.24) is 15.5 Å². The lowest BCUT2D eigenvalue weighted by Crippen LogP contribution is -2.48. The van der Waals surface area contributed by atoms with Gasteiger partial charge in [-0.25, -0.2) is 0 Å². The lowest BCUT2D eigenvalue weighted by atomic mass is 10.2. The Morgan fingerprint density at radius 2 is 1.95 bits per heavy atom. The van der Waals surface area contributed by atoms with Gasteiger partial charge < -0.3 is 30.2 Å². The fraction of sp³-hybridized carbons (Fsp3) is 0.240. The van der Waals surface area contributed by atoms with E-state index in [0.29, 0.717) is 35.3 Å². The smallest absolute Gasteiger partial charge is 0.304 e. The van der Waals surface area contributed by atoms with Crippen LogP contribution in [0.4, 0.5) is 0 Å². The maximum Gasteiger partial charge on any atom is 0.304 e. The number of rotatable bonds is 7. The van der Waals surface area contributed by atoms with E-state index < -0.39 is 0 Å². The summed E-state index contributed by atoms with van der Waals surface area (Å²) in [5, 5.41) is 13.6. The minimum Gasteiger partial charge on any atom is -0.494 e. The standard InChI is InChI=1S/C25H26N8O4/c1-3-35-17-10-15(21(26)27)11-18(12-17)36-24-20-22(29-13-19(34)30-20)31-25(32-24)37-16-6-4-5-14(9-16)23-28-7-8-33(23)2/h4-6,9-12H,3,7-8,13H2,1-2H3,(H3,26,27)(H,30,34)(H,29,31,32). The van der Waals surface area contributed by atoms with Gasteiger partial charge in [0.15, 0.2) is 5.84 Å². The van der Waals surface area contributed by atoms with E-state index >= 15 is 0 Å². The molecule has 3 aliphatic heterocycles. The Kier molecular flexibility index (Phi) is 6.45. The molecule has 0 saturated carbocycles. The molecule has 0 saturated heterocycles. The first kappa shape index (κ1) is 23.9. The number of nitrogen functional groups attached to an aromatic ring is 1. The van der Waals surface area contributed by atoms with Gasteiger partial charge in [0.25, 0.3) is 5.88 Å². The third-order valence-electron chi connectivity index (χ3n) is 5.61. The summed E-state index contributed by atoms with van der Waals surface area (Å²) in [7, 11) is 2.00. The number of carbonyl (C=O) groups excluding carboxylic acids is 1. The topological polar surface area (TPSA) is 159 Å². The number of ether oxygens (including phenoxy) is 3. The van der Waals surface area contributed by atoms with Crippen molar-refractivity contribution in [3.05, 3.63) is 65.2 Å². The Hall–Kier alpha value is -4.87. The number of benzene rings is 2. The van der Waals surface area contributed by atoms with Crippen LogP contribution in [0.3, 0.4) is 0 Å². The highest BCUT2D eigenvalue weighted by molar-refractivity contribution is 6.13. The van der Waals surface area contributed by atoms with E-state index in [-0.39, 0.29) is 35.9 Å². The molecular weight excluding hydrogens is 476 g/mol. The fourth-order valence-electron chi connectivity index (χ4n) is 3.93. The molecule has 3 heterocycles. The lowest BCUT2D eigenvalue weighted by molar-refractivity contribution is -0.119. The van der Waals surface area contributed by atoms with E-state index in [2.05, 4.69) is 30.5 Å². The van der Waals surface area contributed by atoms with Crippen LogP contribution in [0.1, 0.15) is 18.1 Å². The van der Waals surface area contributed by atoms with Crippen LogP contribution in [0.2, 0.25) is 0 Å². The molecule has 190 valence electrons. The van der Waals surface area contributed by atoms with E-state index in [1.165, 1.54) is 0 Å². The van der Waals surface area contributed by atoms with Crippen LogP contribution in [-0.4, -0.2) is 67.6 Å². The van der Waals surface area contributed by atoms with Crippen LogP contribution < -0.4 is 30.6 Å². The fourth-order valence-corrected chi connectivity index (χ4v) is 3.93. The van der Waals surface area contributed by atoms with Crippen LogP contribution >= 0.6 is 0 Å². The van der Waals surface area contributed by atoms with E-state index in [1.54, 1.807) is 24.3 Å². The van der Waals surface area contributed by atoms with Crippen molar-refractivity contribution in [1.29, 1.82) is 5.41 Å². The minimum absolute atomic E-state index is 0.0532. The number of carbonyl (C=O) groups is 1. The van der Waals surface area contributed by atoms with Gasteiger partial charge in [0.2, 0.25) is 5.91 Å². The summed E-state index contributed by atoms with van der Waals surface area (Å²) in [5.41, 5.74) is 7.30. The van der Waals surface area contributed by atoms with Crippen molar-refractivity contribution in [2.24, 2.45) is 20.7 Å². The maximum atomic E-state index is 12.1. The maximum absolute atomic E-state index is 12.1. The number of nitrogens with one attached hydrogen (secondary N) is 3. The van der Waals surface area contributed by atoms with Gasteiger partial charge >= 0.3 is 6.02 Å². The Bertz CT molecular complexity index is 1390. The molecule has 2 aromatic carbocycles. The number of hydrogen-bond donors (Lipinski definition) is 4. The van der Waals surface area contributed by atoms with E-state index in [4.69, 9.17) is 25.4 Å². The summed E-state index contributed by atoms with van der Waals surface area (Å²) in [5.74, 6) is 2.17. The van der Waals surface area contributed by atoms with Gasteiger partial charge in [0.1, 0.15) is 41.2 Å². The van der Waals surface area contributed by atoms with Crippen LogP contribution in [0.15, 0.2) is 69.0 Å². The number of fused-ring (bicyclic) bond motifs is 1. The van der Waals surface area contributed by atoms with Crippen LogP contribution in [-0.2, 0) is 4.79 Å². The highest BCUT2D eigenvalue weighted by atomic mass is 16.5. The molecule has 12 nitrogen and oxygen atoms in total. The second-order valence-electron chi connectivity index (χ2n) is 8.33. The summed E-state index contributed by atoms with van der Waals surface area (Å²) in [6, 6.07) is 12.5. The molecule has 0 bridgehead atoms. The zero-order chi connectivity index (χ0) is 25.9. The largest absolute Gasteiger partial charge is 0.494 e. The second-order valence-corrected chi connectivity index (χ2v) is 8.33. The number of amides is 1. The summed E-state index contributed by atoms with van der Waals surface area (Å²) < 4.78 is 17.7. The van der Waals surface area contributed by atoms with Gasteiger partial charge in [-0.1, -0.05) is 12.1 Å². The van der Waals surface area contributed by atoms with Crippen molar-refractivity contribution in [2.75, 3.05) is 33.3 Å². The van der Waals surface area contributed by atoms with E-state index in [1.807, 2.05) is 32.2 Å². The first-order chi connectivity index (χ1) is 17.9. The normalized spacial score (nSPS) is 16.6. The van der Waals surface area contributed by atoms with Crippen molar-refractivity contribution in [3.63, 3.8) is 0 Å². The molecule has 1 amide bonds. The number of likely N-dealkylation sites (N-methyl/N-ethyl adjacent to an activating group) is 1. The molecular formula is C25H26N8O4. The average Bonchev–Trinajstić information content (AvgIpc) is 3.30. The summed E-state index contributed by atoms with van der Waals surface area (Å²) in [6.45, 7) is 3.83. The van der Waals surface area contributed by atoms with E-state index in [9.17, 15) is 4.79 Å². The van der Waals surface area contributed by atoms with Gasteiger partial charge in [0.05, 0.1) is 13.2 Å². The molecule has 0 fully saturated rings. The van der Waals surface area contributed by atoms with E-state index in [0.717, 1.165) is 24.5 Å². The van der Waals surface area contributed by atoms with Crippen LogP contribution in [0, 0.1) is 5.41 Å². The van der Waals surface area contributed by atoms with Crippen LogP contribution in [0.5, 0.6) is 17.2 Å². The van der Waals surface area contributed by atoms with Crippen molar-refractivity contribution < 1.29 is 19.0 Å². The second kappa shape index (κ2) is 10.0. The van der Waals surface area contributed by atoms with Crippen molar-refractivity contribution >= 4 is 29.4 Å². The summed E-state index contributed by atoms with van der Waals surface area (Å²) >= 11 is 0. The molecule has 0 radical (unpaired) electrons. The Labute approximate surface area is 213 Å². The Balaban J connectivity index is 1.47. The molecule has 12 heteroatoms. The predicted molar refractivity (Wildman–Crippen MR) is 138 cm³/mol. The number of nitrogens with zero attached hydrogens (tertiary/aromatic N) is 4. The zero-order valence-electron chi connectivity index (χ0n) is 20.4. The molecule has 0 unspecified atom stereocenters. The predicted octanol–water partition coefficient (Wildman–Crippen LogP) is 1.18. The van der Waals surface area contributed by atoms with Gasteiger partial charge in [-0.05, 0) is 31.2 Å². The molecule has 0 atom stereocenters. The highest BCUT2D eigenvalue weighted by Gasteiger charge is 2.29. The number of amidine groups is 4. The lowest BCUT2D eigenvalue weighted by Gasteiger charge is -2.25. The van der Waals surface area contributed by atoms with Gasteiger partial charge in [-0.2, -0.15) is 4.99 Å². The molecule has 5 N–H and O–H groups in total. The minimum atomic E-state index is -0.303. The van der Waals surface area contributed by atoms with Crippen molar-refractivity contribution in [3.8, 4) is 17.2 Å². The highest BCUT2D eigenvalue weighted by Crippen LogP contribution is 2.27. The quantitative estimate of drug-likeness (QED) is 0.327. The van der Waals surface area contributed by atoms with Gasteiger partial charge in [-0.3, -0.25) is 25.5 Å². The van der Waals surface area contributed by atoms with Crippen molar-refractivity contribution in [2.45, 2.75) is 6.92 Å². The number of nitrogens with two attached hydrogens (primary N) is 1. The monoisotopic (exact) mass is 502 g/mol. The summed E-state index contributed by atoms with van der Waals surface area (Å²) in [6.07, 6.45) is 0. The molecule has 5 rings (SSSR count). The van der Waals surface area contributed by atoms with Gasteiger partial charge in [0, 0.05) is 30.8 Å². The summed E-state index contributed by atoms with van der Waals surface area (Å²) in [4.78, 5) is 27.5. The molecule has 0 aliphatic carbocycles. The average molecular weight is 503 g/mol. The third-order valence-corrected chi connectivity index (χ3v) is 5.61. The Morgan fingerprint density at radius 3 is 2.70 bits per heavy atom. The molecule has 0 aromatic heterocycles.